The third kappa shape index (κ3) is 2.29. The van der Waals surface area contributed by atoms with Crippen molar-refractivity contribution in [3.63, 3.8) is 0 Å². The molecule has 4 aromatic rings. The number of aryl methyl sites for hydroxylation is 1. The van der Waals surface area contributed by atoms with Crippen LogP contribution in [-0.4, -0.2) is 26.5 Å². The molecule has 0 spiro atoms. The summed E-state index contributed by atoms with van der Waals surface area (Å²) in [5, 5.41) is 0.647. The van der Waals surface area contributed by atoms with E-state index in [1.807, 2.05) is 0 Å². The molecule has 1 saturated carbocycles. The number of imidazole rings is 1. The molecule has 0 N–H and O–H groups in total. The lowest BCUT2D eigenvalue weighted by Crippen LogP contribution is -2.29. The van der Waals surface area contributed by atoms with E-state index in [1.165, 1.54) is 3.97 Å². The van der Waals surface area contributed by atoms with E-state index in [9.17, 15) is 13.2 Å². The minimum Gasteiger partial charge on any atom is -0.293 e. The van der Waals surface area contributed by atoms with Crippen molar-refractivity contribution in [2.24, 2.45) is 7.05 Å². The maximum atomic E-state index is 13.2. The van der Waals surface area contributed by atoms with E-state index in [0.29, 0.717) is 21.2 Å². The molecule has 144 valence electrons. The Labute approximate surface area is 169 Å². The van der Waals surface area contributed by atoms with Crippen molar-refractivity contribution in [3.05, 3.63) is 57.7 Å². The summed E-state index contributed by atoms with van der Waals surface area (Å²) in [6.07, 6.45) is 4.58. The first kappa shape index (κ1) is 17.7. The van der Waals surface area contributed by atoms with Gasteiger partial charge in [-0.3, -0.25) is 9.13 Å². The summed E-state index contributed by atoms with van der Waals surface area (Å²) in [6, 6.07) is 10.1. The molecule has 1 aliphatic rings. The van der Waals surface area contributed by atoms with Crippen molar-refractivity contribution >= 4 is 48.0 Å². The molecular formula is C19H17BrN4O3S. The first-order valence-corrected chi connectivity index (χ1v) is 11.2. The van der Waals surface area contributed by atoms with Crippen LogP contribution in [0, 0.1) is 0 Å². The van der Waals surface area contributed by atoms with E-state index in [2.05, 4.69) is 20.9 Å². The SMILES string of the molecule is Cn1c(=O)n(C2CCC2)c2c3cc(Br)n(S(=O)(=O)c4ccccc4)c3ncc21. The van der Waals surface area contributed by atoms with Crippen LogP contribution >= 0.6 is 15.9 Å². The maximum absolute atomic E-state index is 13.2. The number of pyridine rings is 1. The molecule has 0 radical (unpaired) electrons. The summed E-state index contributed by atoms with van der Waals surface area (Å²) < 4.78 is 31.4. The van der Waals surface area contributed by atoms with E-state index in [1.54, 1.807) is 58.8 Å². The Morgan fingerprint density at radius 1 is 1.18 bits per heavy atom. The molecule has 0 saturated heterocycles. The van der Waals surface area contributed by atoms with Crippen LogP contribution < -0.4 is 5.69 Å². The Hall–Kier alpha value is -2.39. The van der Waals surface area contributed by atoms with E-state index in [4.69, 9.17) is 0 Å². The van der Waals surface area contributed by atoms with Crippen molar-refractivity contribution in [3.8, 4) is 0 Å². The largest absolute Gasteiger partial charge is 0.329 e. The van der Waals surface area contributed by atoms with Gasteiger partial charge in [-0.05, 0) is 53.4 Å². The molecule has 0 bridgehead atoms. The van der Waals surface area contributed by atoms with Gasteiger partial charge >= 0.3 is 5.69 Å². The standard InChI is InChI=1S/C19H17BrN4O3S/c1-22-15-11-21-18-14(17(15)23(19(22)25)12-6-5-7-12)10-16(20)24(18)28(26,27)13-8-3-2-4-9-13/h2-4,8-12H,5-7H2,1H3. The second kappa shape index (κ2) is 6.05. The summed E-state index contributed by atoms with van der Waals surface area (Å²) in [5.74, 6) is 0. The molecule has 0 atom stereocenters. The minimum absolute atomic E-state index is 0.0937. The van der Waals surface area contributed by atoms with Crippen LogP contribution in [0.2, 0.25) is 0 Å². The van der Waals surface area contributed by atoms with Gasteiger partial charge in [-0.1, -0.05) is 18.2 Å². The predicted octanol–water partition coefficient (Wildman–Crippen LogP) is 3.41. The molecule has 28 heavy (non-hydrogen) atoms. The fourth-order valence-corrected chi connectivity index (χ4v) is 6.18. The van der Waals surface area contributed by atoms with Gasteiger partial charge in [0.15, 0.2) is 5.65 Å². The fourth-order valence-electron chi connectivity index (χ4n) is 3.84. The average Bonchev–Trinajstić information content (AvgIpc) is 3.11. The van der Waals surface area contributed by atoms with Crippen LogP contribution in [0.3, 0.4) is 0 Å². The van der Waals surface area contributed by atoms with Crippen LogP contribution in [-0.2, 0) is 17.1 Å². The number of hydrogen-bond acceptors (Lipinski definition) is 4. The van der Waals surface area contributed by atoms with Gasteiger partial charge in [-0.2, -0.15) is 0 Å². The number of rotatable bonds is 3. The van der Waals surface area contributed by atoms with Crippen LogP contribution in [0.4, 0.5) is 0 Å². The Morgan fingerprint density at radius 2 is 1.89 bits per heavy atom. The van der Waals surface area contributed by atoms with Crippen molar-refractivity contribution in [2.45, 2.75) is 30.2 Å². The minimum atomic E-state index is -3.84. The summed E-state index contributed by atoms with van der Waals surface area (Å²) >= 11 is 3.40. The second-order valence-corrected chi connectivity index (χ2v) is 9.67. The molecule has 0 unspecified atom stereocenters. The molecular weight excluding hydrogens is 444 g/mol. The van der Waals surface area contributed by atoms with Crippen molar-refractivity contribution < 1.29 is 8.42 Å². The monoisotopic (exact) mass is 460 g/mol. The zero-order valence-corrected chi connectivity index (χ0v) is 17.4. The highest BCUT2D eigenvalue weighted by Crippen LogP contribution is 2.37. The summed E-state index contributed by atoms with van der Waals surface area (Å²) in [4.78, 5) is 17.4. The Balaban J connectivity index is 1.87. The number of benzene rings is 1. The Morgan fingerprint density at radius 3 is 2.54 bits per heavy atom. The lowest BCUT2D eigenvalue weighted by molar-refractivity contribution is 0.312. The lowest BCUT2D eigenvalue weighted by Gasteiger charge is -2.26. The molecule has 3 heterocycles. The third-order valence-corrected chi connectivity index (χ3v) is 8.05. The highest BCUT2D eigenvalue weighted by molar-refractivity contribution is 9.10. The van der Waals surface area contributed by atoms with Gasteiger partial charge < -0.3 is 0 Å². The topological polar surface area (TPSA) is 78.9 Å². The maximum Gasteiger partial charge on any atom is 0.329 e. The van der Waals surface area contributed by atoms with E-state index >= 15 is 0 Å². The molecule has 0 amide bonds. The molecule has 9 heteroatoms. The Bertz CT molecular complexity index is 1400. The number of halogens is 1. The lowest BCUT2D eigenvalue weighted by atomic mass is 9.93. The molecule has 5 rings (SSSR count). The van der Waals surface area contributed by atoms with E-state index < -0.39 is 10.0 Å². The van der Waals surface area contributed by atoms with Crippen LogP contribution in [0.5, 0.6) is 0 Å². The van der Waals surface area contributed by atoms with Gasteiger partial charge in [0.1, 0.15) is 4.60 Å². The van der Waals surface area contributed by atoms with Gasteiger partial charge in [0.25, 0.3) is 10.0 Å². The molecule has 1 fully saturated rings. The zero-order chi connectivity index (χ0) is 19.6. The number of fused-ring (bicyclic) bond motifs is 3. The smallest absolute Gasteiger partial charge is 0.293 e. The van der Waals surface area contributed by atoms with Crippen molar-refractivity contribution in [2.75, 3.05) is 0 Å². The zero-order valence-electron chi connectivity index (χ0n) is 15.0. The van der Waals surface area contributed by atoms with E-state index in [0.717, 1.165) is 24.8 Å². The highest BCUT2D eigenvalue weighted by Gasteiger charge is 2.29. The average molecular weight is 461 g/mol. The third-order valence-electron chi connectivity index (χ3n) is 5.51. The van der Waals surface area contributed by atoms with Crippen molar-refractivity contribution in [1.82, 2.24) is 18.1 Å². The molecule has 3 aromatic heterocycles. The number of hydrogen-bond donors (Lipinski definition) is 0. The van der Waals surface area contributed by atoms with E-state index in [-0.39, 0.29) is 16.6 Å². The normalized spacial score (nSPS) is 15.4. The van der Waals surface area contributed by atoms with Crippen LogP contribution in [0.25, 0.3) is 22.1 Å². The first-order chi connectivity index (χ1) is 13.4. The fraction of sp³-hybridized carbons (Fsp3) is 0.263. The summed E-state index contributed by atoms with van der Waals surface area (Å²) in [7, 11) is -2.11. The summed E-state index contributed by atoms with van der Waals surface area (Å²) in [6.45, 7) is 0. The second-order valence-electron chi connectivity index (χ2n) is 7.08. The molecule has 7 nitrogen and oxygen atoms in total. The van der Waals surface area contributed by atoms with Gasteiger partial charge in [0, 0.05) is 18.5 Å². The van der Waals surface area contributed by atoms with Gasteiger partial charge in [-0.15, -0.1) is 0 Å². The first-order valence-electron chi connectivity index (χ1n) is 8.99. The van der Waals surface area contributed by atoms with Crippen LogP contribution in [0.1, 0.15) is 25.3 Å². The molecule has 0 aliphatic heterocycles. The molecule has 1 aromatic carbocycles. The van der Waals surface area contributed by atoms with Gasteiger partial charge in [0.05, 0.1) is 22.1 Å². The molecule has 1 aliphatic carbocycles. The van der Waals surface area contributed by atoms with Gasteiger partial charge in [0.2, 0.25) is 0 Å². The van der Waals surface area contributed by atoms with Gasteiger partial charge in [-0.25, -0.2) is 22.2 Å². The quantitative estimate of drug-likeness (QED) is 0.469. The Kier molecular flexibility index (Phi) is 3.82. The van der Waals surface area contributed by atoms with Crippen LogP contribution in [0.15, 0.2) is 56.9 Å². The highest BCUT2D eigenvalue weighted by atomic mass is 79.9. The number of nitrogens with zero attached hydrogens (tertiary/aromatic N) is 4. The predicted molar refractivity (Wildman–Crippen MR) is 110 cm³/mol. The van der Waals surface area contributed by atoms with Crippen molar-refractivity contribution in [1.29, 1.82) is 0 Å². The summed E-state index contributed by atoms with van der Waals surface area (Å²) in [5.41, 5.74) is 1.65. The number of aromatic nitrogens is 4.